The Bertz CT molecular complexity index is 146. The Hall–Kier alpha value is 1.05. The molecule has 0 spiro atoms. The van der Waals surface area contributed by atoms with Crippen molar-refractivity contribution in [2.24, 2.45) is 0 Å². The van der Waals surface area contributed by atoms with Gasteiger partial charge in [0.1, 0.15) is 0 Å². The van der Waals surface area contributed by atoms with E-state index in [9.17, 15) is 0 Å². The Balaban J connectivity index is 3.10. The van der Waals surface area contributed by atoms with E-state index in [1.54, 1.807) is 0 Å². The number of unbranched alkanes of at least 4 members (excludes halogenated alkanes) is 7. The largest absolute Gasteiger partial charge is 0.179 e. The summed E-state index contributed by atoms with van der Waals surface area (Å²) in [5, 5.41) is 0. The highest BCUT2D eigenvalue weighted by molar-refractivity contribution is 8.00. The van der Waals surface area contributed by atoms with Gasteiger partial charge in [0, 0.05) is 0 Å². The fraction of sp³-hybridized carbons (Fsp3) is 1.00. The molecule has 0 aromatic rings. The first kappa shape index (κ1) is 17.1. The Morgan fingerprint density at radius 3 is 1.62 bits per heavy atom. The summed E-state index contributed by atoms with van der Waals surface area (Å²) in [6.45, 7) is 2.15. The van der Waals surface area contributed by atoms with Gasteiger partial charge in [-0.15, -0.1) is 0 Å². The van der Waals surface area contributed by atoms with Crippen molar-refractivity contribution in [2.75, 3.05) is 5.75 Å². The van der Waals surface area contributed by atoms with Crippen molar-refractivity contribution in [1.29, 1.82) is 0 Å². The second-order valence-corrected chi connectivity index (χ2v) is 7.15. The Morgan fingerprint density at radius 2 is 1.19 bits per heavy atom. The smallest absolute Gasteiger partial charge is 0.0549 e. The third-order valence-corrected chi connectivity index (χ3v) is 4.45. The van der Waals surface area contributed by atoms with Crippen LogP contribution < -0.4 is 0 Å². The summed E-state index contributed by atoms with van der Waals surface area (Å²) in [5.41, 5.74) is 0. The van der Waals surface area contributed by atoms with Crippen LogP contribution in [0.3, 0.4) is 0 Å². The van der Waals surface area contributed by atoms with Gasteiger partial charge in [0.2, 0.25) is 0 Å². The average Bonchev–Trinajstić information content (AvgIpc) is 2.27. The Morgan fingerprint density at radius 1 is 0.750 bits per heavy atom. The van der Waals surface area contributed by atoms with E-state index >= 15 is 0 Å². The molecular formula is C13H28S3. The normalized spacial score (nSPS) is 12.0. The first-order chi connectivity index (χ1) is 7.62. The molecule has 0 nitrogen and oxygen atoms in total. The predicted octanol–water partition coefficient (Wildman–Crippen LogP) is 5.39. The zero-order chi connectivity index (χ0) is 12.3. The molecule has 0 aliphatic rings. The molecule has 3 heteroatoms. The minimum absolute atomic E-state index is 0.0351. The molecule has 0 aliphatic heterocycles. The molecule has 0 fully saturated rings. The molecule has 0 atom stereocenters. The van der Waals surface area contributed by atoms with Crippen molar-refractivity contribution < 1.29 is 0 Å². The molecule has 0 aromatic heterocycles. The van der Waals surface area contributed by atoms with E-state index in [-0.39, 0.29) is 4.08 Å². The highest BCUT2D eigenvalue weighted by atomic mass is 32.2. The van der Waals surface area contributed by atoms with Crippen LogP contribution in [0.1, 0.15) is 71.1 Å². The molecule has 0 saturated carbocycles. The topological polar surface area (TPSA) is 0 Å². The van der Waals surface area contributed by atoms with E-state index in [0.717, 1.165) is 18.6 Å². The van der Waals surface area contributed by atoms with Gasteiger partial charge in [0.05, 0.1) is 4.08 Å². The van der Waals surface area contributed by atoms with Crippen LogP contribution in [-0.2, 0) is 0 Å². The fourth-order valence-electron chi connectivity index (χ4n) is 1.76. The van der Waals surface area contributed by atoms with Gasteiger partial charge in [-0.25, -0.2) is 0 Å². The lowest BCUT2D eigenvalue weighted by Crippen LogP contribution is -2.10. The van der Waals surface area contributed by atoms with E-state index < -0.39 is 0 Å². The fourth-order valence-corrected chi connectivity index (χ4v) is 2.30. The van der Waals surface area contributed by atoms with Crippen molar-refractivity contribution in [3.63, 3.8) is 0 Å². The zero-order valence-electron chi connectivity index (χ0n) is 10.6. The van der Waals surface area contributed by atoms with Crippen molar-refractivity contribution in [1.82, 2.24) is 0 Å². The van der Waals surface area contributed by atoms with Crippen molar-refractivity contribution in [3.05, 3.63) is 0 Å². The van der Waals surface area contributed by atoms with E-state index in [1.807, 2.05) is 0 Å². The predicted molar refractivity (Wildman–Crippen MR) is 86.4 cm³/mol. The summed E-state index contributed by atoms with van der Waals surface area (Å²) in [5.74, 6) is 1.04. The molecule has 0 amide bonds. The molecule has 0 bridgehead atoms. The second kappa shape index (κ2) is 11.2. The summed E-state index contributed by atoms with van der Waals surface area (Å²) in [6.07, 6.45) is 13.0. The minimum Gasteiger partial charge on any atom is -0.179 e. The molecule has 16 heavy (non-hydrogen) atoms. The average molecular weight is 281 g/mol. The van der Waals surface area contributed by atoms with Crippen molar-refractivity contribution in [3.8, 4) is 0 Å². The van der Waals surface area contributed by atoms with Gasteiger partial charge in [-0.2, -0.15) is 37.9 Å². The lowest BCUT2D eigenvalue weighted by Gasteiger charge is -2.19. The molecule has 98 valence electrons. The van der Waals surface area contributed by atoms with Gasteiger partial charge in [0.25, 0.3) is 0 Å². The monoisotopic (exact) mass is 280 g/mol. The quantitative estimate of drug-likeness (QED) is 0.252. The maximum atomic E-state index is 4.53. The number of hydrogen-bond acceptors (Lipinski definition) is 3. The van der Waals surface area contributed by atoms with Gasteiger partial charge < -0.3 is 0 Å². The minimum atomic E-state index is -0.0351. The summed E-state index contributed by atoms with van der Waals surface area (Å²) in [6, 6.07) is 0. The lowest BCUT2D eigenvalue weighted by molar-refractivity contribution is 0.551. The summed E-state index contributed by atoms with van der Waals surface area (Å²) >= 11 is 13.3. The van der Waals surface area contributed by atoms with Crippen molar-refractivity contribution in [2.45, 2.75) is 75.2 Å². The van der Waals surface area contributed by atoms with Crippen LogP contribution in [0.15, 0.2) is 0 Å². The molecule has 0 unspecified atom stereocenters. The molecule has 0 radical (unpaired) electrons. The van der Waals surface area contributed by atoms with Crippen LogP contribution in [0.5, 0.6) is 0 Å². The van der Waals surface area contributed by atoms with E-state index in [1.165, 1.54) is 51.4 Å². The first-order valence-corrected chi connectivity index (χ1v) is 8.20. The van der Waals surface area contributed by atoms with Crippen LogP contribution >= 0.6 is 37.9 Å². The molecule has 0 aliphatic carbocycles. The van der Waals surface area contributed by atoms with Gasteiger partial charge in [-0.3, -0.25) is 0 Å². The van der Waals surface area contributed by atoms with E-state index in [0.29, 0.717) is 0 Å². The van der Waals surface area contributed by atoms with Crippen LogP contribution in [0, 0.1) is 0 Å². The van der Waals surface area contributed by atoms with Crippen molar-refractivity contribution >= 4 is 37.9 Å². The Kier molecular flexibility index (Phi) is 11.9. The van der Waals surface area contributed by atoms with Crippen LogP contribution in [0.2, 0.25) is 0 Å². The maximum Gasteiger partial charge on any atom is 0.0549 e. The Labute approximate surface area is 119 Å². The zero-order valence-corrected chi connectivity index (χ0v) is 13.3. The van der Waals surface area contributed by atoms with Crippen LogP contribution in [0.4, 0.5) is 0 Å². The molecule has 0 saturated heterocycles. The number of hydrogen-bond donors (Lipinski definition) is 3. The molecular weight excluding hydrogens is 252 g/mol. The highest BCUT2D eigenvalue weighted by Gasteiger charge is 2.15. The third kappa shape index (κ3) is 11.5. The van der Waals surface area contributed by atoms with Gasteiger partial charge >= 0.3 is 0 Å². The number of thiol groups is 3. The molecule has 0 rings (SSSR count). The van der Waals surface area contributed by atoms with E-state index in [4.69, 9.17) is 0 Å². The van der Waals surface area contributed by atoms with Crippen LogP contribution in [0.25, 0.3) is 0 Å². The first-order valence-electron chi connectivity index (χ1n) is 6.68. The summed E-state index contributed by atoms with van der Waals surface area (Å²) in [7, 11) is 0. The van der Waals surface area contributed by atoms with Gasteiger partial charge in [-0.1, -0.05) is 51.9 Å². The van der Waals surface area contributed by atoms with Gasteiger partial charge in [0.15, 0.2) is 0 Å². The summed E-state index contributed by atoms with van der Waals surface area (Å²) in [4.78, 5) is 0. The second-order valence-electron chi connectivity index (χ2n) is 4.64. The molecule has 0 heterocycles. The highest BCUT2D eigenvalue weighted by Crippen LogP contribution is 2.30. The lowest BCUT2D eigenvalue weighted by atomic mass is 10.1. The summed E-state index contributed by atoms with van der Waals surface area (Å²) < 4.78 is -0.0351. The molecule has 0 aromatic carbocycles. The maximum absolute atomic E-state index is 4.53. The van der Waals surface area contributed by atoms with Gasteiger partial charge in [-0.05, 0) is 25.0 Å². The van der Waals surface area contributed by atoms with Crippen LogP contribution in [-0.4, -0.2) is 9.83 Å². The third-order valence-electron chi connectivity index (χ3n) is 3.05. The standard InChI is InChI=1S/C13H28S3/c1-2-13(15,16)11-9-7-5-3-4-6-8-10-12-14/h14-16H,2-12H2,1H3. The van der Waals surface area contributed by atoms with E-state index in [2.05, 4.69) is 44.8 Å². The SMILES string of the molecule is CCC(S)(S)CCCCCCCCCCS. The number of rotatable bonds is 11. The molecule has 0 N–H and O–H groups in total.